The summed E-state index contributed by atoms with van der Waals surface area (Å²) in [5.41, 5.74) is 0.734. The van der Waals surface area contributed by atoms with Gasteiger partial charge in [-0.1, -0.05) is 24.3 Å². The molecule has 0 saturated carbocycles. The highest BCUT2D eigenvalue weighted by Gasteiger charge is 2.35. The van der Waals surface area contributed by atoms with Crippen LogP contribution in [0.25, 0.3) is 17.4 Å². The number of furan rings is 1. The van der Waals surface area contributed by atoms with E-state index >= 15 is 0 Å². The van der Waals surface area contributed by atoms with Crippen LogP contribution in [-0.4, -0.2) is 30.0 Å². The van der Waals surface area contributed by atoms with Crippen LogP contribution in [0.4, 0.5) is 10.1 Å². The third-order valence-electron chi connectivity index (χ3n) is 4.70. The van der Waals surface area contributed by atoms with Gasteiger partial charge in [-0.3, -0.25) is 14.9 Å². The Morgan fingerprint density at radius 3 is 2.50 bits per heavy atom. The van der Waals surface area contributed by atoms with E-state index in [1.165, 1.54) is 31.4 Å². The van der Waals surface area contributed by atoms with E-state index in [-0.39, 0.29) is 22.1 Å². The Kier molecular flexibility index (Phi) is 5.65. The van der Waals surface area contributed by atoms with E-state index in [1.807, 2.05) is 0 Å². The molecule has 1 saturated heterocycles. The molecule has 0 radical (unpaired) electrons. The molecule has 0 aliphatic carbocycles. The topological polar surface area (TPSA) is 88.9 Å². The number of benzene rings is 2. The number of hydrogen-bond acceptors (Lipinski definition) is 6. The minimum Gasteiger partial charge on any atom is -0.465 e. The summed E-state index contributed by atoms with van der Waals surface area (Å²) in [6.45, 7) is 0. The maximum Gasteiger partial charge on any atom is 0.337 e. The molecule has 2 heterocycles. The number of nitrogens with one attached hydrogen (secondary N) is 1. The van der Waals surface area contributed by atoms with Gasteiger partial charge in [0.1, 0.15) is 22.9 Å². The molecule has 0 atom stereocenters. The standard InChI is InChI=1S/C23H15FN2O5S/c1-30-22(29)14-8-6-13(7-9-14)19-11-10-15(31-19)12-16-20(27)25-23(32)26(21(16)28)18-5-3-2-4-17(18)24/h2-12H,1H3,(H,25,27,32). The molecule has 32 heavy (non-hydrogen) atoms. The second kappa shape index (κ2) is 8.56. The Balaban J connectivity index is 1.63. The van der Waals surface area contributed by atoms with Crippen LogP contribution in [0, 0.1) is 5.82 Å². The highest BCUT2D eigenvalue weighted by atomic mass is 32.1. The Hall–Kier alpha value is -4.11. The van der Waals surface area contributed by atoms with Crippen molar-refractivity contribution in [3.05, 3.63) is 83.4 Å². The zero-order valence-electron chi connectivity index (χ0n) is 16.6. The fraction of sp³-hybridized carbons (Fsp3) is 0.0435. The number of anilines is 1. The summed E-state index contributed by atoms with van der Waals surface area (Å²) in [5, 5.41) is 2.18. The summed E-state index contributed by atoms with van der Waals surface area (Å²) in [6.07, 6.45) is 1.26. The summed E-state index contributed by atoms with van der Waals surface area (Å²) in [7, 11) is 1.30. The summed E-state index contributed by atoms with van der Waals surface area (Å²) < 4.78 is 24.6. The fourth-order valence-corrected chi connectivity index (χ4v) is 3.40. The second-order valence-corrected chi connectivity index (χ2v) is 7.07. The average Bonchev–Trinajstić information content (AvgIpc) is 3.26. The van der Waals surface area contributed by atoms with Gasteiger partial charge in [-0.2, -0.15) is 0 Å². The largest absolute Gasteiger partial charge is 0.465 e. The van der Waals surface area contributed by atoms with E-state index in [1.54, 1.807) is 42.5 Å². The summed E-state index contributed by atoms with van der Waals surface area (Å²) >= 11 is 5.07. The quantitative estimate of drug-likeness (QED) is 0.282. The van der Waals surface area contributed by atoms with E-state index in [0.717, 1.165) is 4.90 Å². The molecule has 3 aromatic rings. The molecule has 2 amide bonds. The smallest absolute Gasteiger partial charge is 0.337 e. The van der Waals surface area contributed by atoms with Crippen molar-refractivity contribution in [1.82, 2.24) is 5.32 Å². The molecular formula is C23H15FN2O5S. The van der Waals surface area contributed by atoms with Crippen molar-refractivity contribution in [1.29, 1.82) is 0 Å². The third kappa shape index (κ3) is 3.93. The first-order chi connectivity index (χ1) is 15.4. The molecule has 1 fully saturated rings. The normalized spacial score (nSPS) is 15.1. The lowest BCUT2D eigenvalue weighted by molar-refractivity contribution is -0.122. The van der Waals surface area contributed by atoms with Crippen molar-refractivity contribution in [3.63, 3.8) is 0 Å². The molecule has 160 valence electrons. The molecule has 0 unspecified atom stereocenters. The highest BCUT2D eigenvalue weighted by molar-refractivity contribution is 7.80. The van der Waals surface area contributed by atoms with Crippen molar-refractivity contribution < 1.29 is 27.9 Å². The van der Waals surface area contributed by atoms with Crippen LogP contribution in [0.5, 0.6) is 0 Å². The van der Waals surface area contributed by atoms with Gasteiger partial charge < -0.3 is 9.15 Å². The lowest BCUT2D eigenvalue weighted by Crippen LogP contribution is -2.54. The Morgan fingerprint density at radius 1 is 1.09 bits per heavy atom. The maximum atomic E-state index is 14.2. The molecule has 9 heteroatoms. The van der Waals surface area contributed by atoms with Crippen LogP contribution >= 0.6 is 12.2 Å². The third-order valence-corrected chi connectivity index (χ3v) is 4.98. The number of halogens is 1. The lowest BCUT2D eigenvalue weighted by atomic mass is 10.1. The van der Waals surface area contributed by atoms with Gasteiger partial charge in [0.05, 0.1) is 18.4 Å². The van der Waals surface area contributed by atoms with Gasteiger partial charge in [0.15, 0.2) is 5.11 Å². The molecule has 7 nitrogen and oxygen atoms in total. The molecule has 2 aromatic carbocycles. The van der Waals surface area contributed by atoms with Gasteiger partial charge in [0.2, 0.25) is 0 Å². The van der Waals surface area contributed by atoms with Gasteiger partial charge in [0.25, 0.3) is 11.8 Å². The first kappa shape index (κ1) is 21.1. The van der Waals surface area contributed by atoms with Crippen LogP contribution in [-0.2, 0) is 14.3 Å². The van der Waals surface area contributed by atoms with Crippen LogP contribution in [0.1, 0.15) is 16.1 Å². The summed E-state index contributed by atoms with van der Waals surface area (Å²) in [5.74, 6) is -1.91. The van der Waals surface area contributed by atoms with Gasteiger partial charge in [-0.05, 0) is 54.7 Å². The molecule has 4 rings (SSSR count). The summed E-state index contributed by atoms with van der Waals surface area (Å²) in [4.78, 5) is 37.8. The van der Waals surface area contributed by atoms with Crippen molar-refractivity contribution in [3.8, 4) is 11.3 Å². The van der Waals surface area contributed by atoms with E-state index < -0.39 is 23.6 Å². The number of methoxy groups -OCH3 is 1. The number of carbonyl (C=O) groups excluding carboxylic acids is 3. The Morgan fingerprint density at radius 2 is 1.81 bits per heavy atom. The first-order valence-electron chi connectivity index (χ1n) is 9.33. The summed E-state index contributed by atoms with van der Waals surface area (Å²) in [6, 6.07) is 15.4. The minimum absolute atomic E-state index is 0.0702. The number of para-hydroxylation sites is 1. The lowest BCUT2D eigenvalue weighted by Gasteiger charge is -2.28. The van der Waals surface area contributed by atoms with E-state index in [0.29, 0.717) is 16.9 Å². The van der Waals surface area contributed by atoms with Crippen molar-refractivity contribution in [2.24, 2.45) is 0 Å². The van der Waals surface area contributed by atoms with Gasteiger partial charge in [0, 0.05) is 5.56 Å². The van der Waals surface area contributed by atoms with Crippen LogP contribution in [0.3, 0.4) is 0 Å². The number of amides is 2. The SMILES string of the molecule is COC(=O)c1ccc(-c2ccc(C=C3C(=O)NC(=S)N(c4ccccc4F)C3=O)o2)cc1. The minimum atomic E-state index is -0.774. The van der Waals surface area contributed by atoms with Gasteiger partial charge in [-0.15, -0.1) is 0 Å². The molecule has 1 N–H and O–H groups in total. The van der Waals surface area contributed by atoms with Crippen LogP contribution in [0.2, 0.25) is 0 Å². The predicted molar refractivity (Wildman–Crippen MR) is 118 cm³/mol. The van der Waals surface area contributed by atoms with Crippen molar-refractivity contribution >= 4 is 46.9 Å². The Bertz CT molecular complexity index is 1280. The fourth-order valence-electron chi connectivity index (χ4n) is 3.13. The predicted octanol–water partition coefficient (Wildman–Crippen LogP) is 3.70. The van der Waals surface area contributed by atoms with Crippen molar-refractivity contribution in [2.45, 2.75) is 0 Å². The van der Waals surface area contributed by atoms with Gasteiger partial charge in [-0.25, -0.2) is 14.1 Å². The molecule has 0 bridgehead atoms. The zero-order valence-corrected chi connectivity index (χ0v) is 17.4. The second-order valence-electron chi connectivity index (χ2n) is 6.68. The molecule has 1 aliphatic heterocycles. The number of carbonyl (C=O) groups is 3. The average molecular weight is 450 g/mol. The first-order valence-corrected chi connectivity index (χ1v) is 9.74. The number of nitrogens with zero attached hydrogens (tertiary/aromatic N) is 1. The zero-order chi connectivity index (χ0) is 22.8. The molecule has 0 spiro atoms. The van der Waals surface area contributed by atoms with E-state index in [9.17, 15) is 18.8 Å². The number of esters is 1. The number of ether oxygens (including phenoxy) is 1. The van der Waals surface area contributed by atoms with Crippen LogP contribution in [0.15, 0.2) is 70.7 Å². The van der Waals surface area contributed by atoms with Crippen molar-refractivity contribution in [2.75, 3.05) is 12.0 Å². The molecular weight excluding hydrogens is 435 g/mol. The number of thiocarbonyl (C=S) groups is 1. The molecule has 1 aliphatic rings. The van der Waals surface area contributed by atoms with Crippen LogP contribution < -0.4 is 10.2 Å². The number of hydrogen-bond donors (Lipinski definition) is 1. The Labute approximate surface area is 187 Å². The number of rotatable bonds is 4. The maximum absolute atomic E-state index is 14.2. The monoisotopic (exact) mass is 450 g/mol. The molecule has 1 aromatic heterocycles. The van der Waals surface area contributed by atoms with Gasteiger partial charge >= 0.3 is 5.97 Å². The van der Waals surface area contributed by atoms with E-state index in [2.05, 4.69) is 10.1 Å². The van der Waals surface area contributed by atoms with E-state index in [4.69, 9.17) is 16.6 Å². The highest BCUT2D eigenvalue weighted by Crippen LogP contribution is 2.27.